The van der Waals surface area contributed by atoms with Crippen molar-refractivity contribution in [3.05, 3.63) is 40.4 Å². The molecule has 0 saturated carbocycles. The highest BCUT2D eigenvalue weighted by molar-refractivity contribution is 6.01. The third-order valence-electron chi connectivity index (χ3n) is 4.30. The lowest BCUT2D eigenvalue weighted by Gasteiger charge is -2.12. The van der Waals surface area contributed by atoms with Crippen LogP contribution in [0.3, 0.4) is 0 Å². The lowest BCUT2D eigenvalue weighted by molar-refractivity contribution is -0.148. The van der Waals surface area contributed by atoms with Crippen molar-refractivity contribution in [1.82, 2.24) is 9.72 Å². The van der Waals surface area contributed by atoms with Crippen LogP contribution in [-0.2, 0) is 25.6 Å². The number of carbonyl (C=O) groups excluding carboxylic acids is 2. The van der Waals surface area contributed by atoms with Crippen LogP contribution in [0.2, 0.25) is 0 Å². The largest absolute Gasteiger partial charge is 0.448 e. The third-order valence-corrected chi connectivity index (χ3v) is 4.30. The van der Waals surface area contributed by atoms with Gasteiger partial charge in [-0.1, -0.05) is 5.16 Å². The number of nitrogens with zero attached hydrogens (tertiary/aromatic N) is 3. The minimum atomic E-state index is -1.12. The number of nitrogens with one attached hydrogen (secondary N) is 1. The number of nitriles is 1. The number of aromatic nitrogens is 2. The van der Waals surface area contributed by atoms with E-state index in [9.17, 15) is 14.9 Å². The van der Waals surface area contributed by atoms with Crippen LogP contribution in [0, 0.1) is 32.1 Å². The molecule has 1 atom stereocenters. The Hall–Kier alpha value is -3.38. The number of esters is 1. The number of aryl methyl sites for hydroxylation is 2. The van der Waals surface area contributed by atoms with E-state index in [1.54, 1.807) is 14.0 Å². The van der Waals surface area contributed by atoms with Crippen molar-refractivity contribution < 1.29 is 23.6 Å². The molecule has 0 aliphatic rings. The van der Waals surface area contributed by atoms with Crippen LogP contribution in [0.25, 0.3) is 6.08 Å². The lowest BCUT2D eigenvalue weighted by atomic mass is 10.1. The van der Waals surface area contributed by atoms with Crippen molar-refractivity contribution in [3.63, 3.8) is 0 Å². The summed E-state index contributed by atoms with van der Waals surface area (Å²) in [7, 11) is 1.62. The van der Waals surface area contributed by atoms with Gasteiger partial charge in [0.25, 0.3) is 5.91 Å². The van der Waals surface area contributed by atoms with Gasteiger partial charge < -0.3 is 23.9 Å². The van der Waals surface area contributed by atoms with Crippen LogP contribution in [0.15, 0.2) is 22.2 Å². The number of anilines is 1. The molecule has 1 N–H and O–H groups in total. The first kappa shape index (κ1) is 21.9. The maximum absolute atomic E-state index is 12.4. The van der Waals surface area contributed by atoms with Gasteiger partial charge in [0.15, 0.2) is 11.9 Å². The van der Waals surface area contributed by atoms with E-state index in [1.165, 1.54) is 19.1 Å². The first-order chi connectivity index (χ1) is 13.8. The summed E-state index contributed by atoms with van der Waals surface area (Å²) in [4.78, 5) is 24.5. The van der Waals surface area contributed by atoms with Gasteiger partial charge in [-0.2, -0.15) is 5.26 Å². The minimum absolute atomic E-state index is 0.200. The summed E-state index contributed by atoms with van der Waals surface area (Å²) in [6, 6.07) is 5.25. The second kappa shape index (κ2) is 9.71. The molecule has 0 spiro atoms. The van der Waals surface area contributed by atoms with Gasteiger partial charge in [0.2, 0.25) is 0 Å². The normalized spacial score (nSPS) is 12.3. The van der Waals surface area contributed by atoms with Crippen molar-refractivity contribution in [1.29, 1.82) is 5.26 Å². The van der Waals surface area contributed by atoms with E-state index in [0.717, 1.165) is 17.0 Å². The molecule has 0 aliphatic carbocycles. The molecule has 0 saturated heterocycles. The van der Waals surface area contributed by atoms with Gasteiger partial charge in [0.05, 0.1) is 6.61 Å². The third kappa shape index (κ3) is 5.56. The van der Waals surface area contributed by atoms with E-state index in [-0.39, 0.29) is 11.4 Å². The van der Waals surface area contributed by atoms with Gasteiger partial charge in [0.1, 0.15) is 17.4 Å². The average Bonchev–Trinajstić information content (AvgIpc) is 3.20. The molecule has 0 aromatic carbocycles. The highest BCUT2D eigenvalue weighted by Gasteiger charge is 2.22. The maximum atomic E-state index is 12.4. The zero-order valence-corrected chi connectivity index (χ0v) is 17.1. The van der Waals surface area contributed by atoms with Crippen LogP contribution in [-0.4, -0.2) is 41.4 Å². The molecule has 154 valence electrons. The Morgan fingerprint density at radius 1 is 1.38 bits per heavy atom. The number of ether oxygens (including phenoxy) is 2. The van der Waals surface area contributed by atoms with Gasteiger partial charge in [-0.3, -0.25) is 4.79 Å². The fourth-order valence-corrected chi connectivity index (χ4v) is 2.72. The second-order valence-corrected chi connectivity index (χ2v) is 6.50. The zero-order valence-electron chi connectivity index (χ0n) is 17.1. The van der Waals surface area contributed by atoms with Gasteiger partial charge >= 0.3 is 5.97 Å². The molecule has 0 aliphatic heterocycles. The van der Waals surface area contributed by atoms with Gasteiger partial charge in [-0.05, 0) is 45.4 Å². The maximum Gasteiger partial charge on any atom is 0.349 e. The van der Waals surface area contributed by atoms with E-state index < -0.39 is 18.0 Å². The predicted octanol–water partition coefficient (Wildman–Crippen LogP) is 2.53. The number of amides is 1. The molecule has 0 radical (unpaired) electrons. The monoisotopic (exact) mass is 400 g/mol. The van der Waals surface area contributed by atoms with Gasteiger partial charge in [-0.25, -0.2) is 4.79 Å². The van der Waals surface area contributed by atoms with Crippen LogP contribution in [0.5, 0.6) is 0 Å². The van der Waals surface area contributed by atoms with E-state index in [2.05, 4.69) is 10.5 Å². The number of carbonyl (C=O) groups is 2. The minimum Gasteiger partial charge on any atom is -0.448 e. The lowest BCUT2D eigenvalue weighted by Crippen LogP contribution is -2.30. The van der Waals surface area contributed by atoms with Crippen LogP contribution in [0.1, 0.15) is 29.6 Å². The Kier molecular flexibility index (Phi) is 7.33. The van der Waals surface area contributed by atoms with Crippen molar-refractivity contribution in [3.8, 4) is 6.07 Å². The summed E-state index contributed by atoms with van der Waals surface area (Å²) in [5.41, 5.74) is 2.40. The summed E-state index contributed by atoms with van der Waals surface area (Å²) in [5.74, 6) is -0.715. The van der Waals surface area contributed by atoms with Crippen molar-refractivity contribution in [2.24, 2.45) is 0 Å². The fraction of sp³-hybridized carbons (Fsp3) is 0.400. The smallest absolute Gasteiger partial charge is 0.349 e. The highest BCUT2D eigenvalue weighted by atomic mass is 16.5. The van der Waals surface area contributed by atoms with Crippen LogP contribution >= 0.6 is 0 Å². The van der Waals surface area contributed by atoms with Crippen molar-refractivity contribution >= 4 is 23.8 Å². The molecule has 2 aromatic rings. The zero-order chi connectivity index (χ0) is 21.6. The summed E-state index contributed by atoms with van der Waals surface area (Å²) in [6.07, 6.45) is 0.338. The van der Waals surface area contributed by atoms with Gasteiger partial charge in [-0.15, -0.1) is 0 Å². The Morgan fingerprint density at radius 3 is 2.69 bits per heavy atom. The average molecular weight is 400 g/mol. The number of rotatable bonds is 8. The van der Waals surface area contributed by atoms with E-state index >= 15 is 0 Å². The van der Waals surface area contributed by atoms with Crippen LogP contribution in [0.4, 0.5) is 5.82 Å². The van der Waals surface area contributed by atoms with Crippen LogP contribution < -0.4 is 5.32 Å². The summed E-state index contributed by atoms with van der Waals surface area (Å²) >= 11 is 0. The van der Waals surface area contributed by atoms with E-state index in [4.69, 9.17) is 14.0 Å². The molecule has 29 heavy (non-hydrogen) atoms. The highest BCUT2D eigenvalue weighted by Crippen LogP contribution is 2.19. The SMILES string of the molecule is COCCn1c(C)cc(/C=C(\C#N)C(=O)O[C@H](C)C(=O)Nc2cc(C)on2)c1C. The molecule has 2 rings (SSSR count). The number of hydrogen-bond acceptors (Lipinski definition) is 7. The summed E-state index contributed by atoms with van der Waals surface area (Å²) in [5, 5.41) is 15.5. The molecule has 9 heteroatoms. The quantitative estimate of drug-likeness (QED) is 0.411. The molecule has 1 amide bonds. The molecular weight excluding hydrogens is 376 g/mol. The Labute approximate surface area is 168 Å². The first-order valence-corrected chi connectivity index (χ1v) is 8.99. The molecule has 2 aromatic heterocycles. The topological polar surface area (TPSA) is 119 Å². The Morgan fingerprint density at radius 2 is 2.10 bits per heavy atom. The Balaban J connectivity index is 2.10. The Bertz CT molecular complexity index is 964. The molecule has 0 unspecified atom stereocenters. The van der Waals surface area contributed by atoms with Crippen molar-refractivity contribution in [2.45, 2.75) is 40.3 Å². The molecule has 9 nitrogen and oxygen atoms in total. The molecular formula is C20H24N4O5. The summed E-state index contributed by atoms with van der Waals surface area (Å²) in [6.45, 7) is 8.12. The van der Waals surface area contributed by atoms with Crippen molar-refractivity contribution in [2.75, 3.05) is 19.0 Å². The molecule has 2 heterocycles. The standard InChI is InChI=1S/C20H24N4O5/c1-12-8-16(14(3)24(12)6-7-27-5)10-17(11-21)20(26)28-15(4)19(25)22-18-9-13(2)29-23-18/h8-10,15H,6-7H2,1-5H3,(H,22,23,25)/b17-10+/t15-/m1/s1. The summed E-state index contributed by atoms with van der Waals surface area (Å²) < 4.78 is 17.1. The van der Waals surface area contributed by atoms with E-state index in [0.29, 0.717) is 18.9 Å². The molecule has 0 fully saturated rings. The fourth-order valence-electron chi connectivity index (χ4n) is 2.72. The molecule has 0 bridgehead atoms. The van der Waals surface area contributed by atoms with E-state index in [1.807, 2.05) is 30.6 Å². The predicted molar refractivity (Wildman–Crippen MR) is 105 cm³/mol. The second-order valence-electron chi connectivity index (χ2n) is 6.50. The first-order valence-electron chi connectivity index (χ1n) is 8.99. The van der Waals surface area contributed by atoms with Gasteiger partial charge in [0, 0.05) is 31.1 Å². The number of hydrogen-bond donors (Lipinski definition) is 1. The number of methoxy groups -OCH3 is 1.